The minimum absolute atomic E-state index is 0.0108. The molecule has 0 aromatic heterocycles. The van der Waals surface area contributed by atoms with Gasteiger partial charge in [-0.2, -0.15) is 8.42 Å². The number of hydrogen-bond acceptors (Lipinski definition) is 11. The van der Waals surface area contributed by atoms with E-state index >= 15 is 0 Å². The van der Waals surface area contributed by atoms with Crippen LogP contribution in [0.3, 0.4) is 0 Å². The van der Waals surface area contributed by atoms with Gasteiger partial charge in [0.05, 0.1) is 45.0 Å². The first-order valence-electron chi connectivity index (χ1n) is 13.2. The van der Waals surface area contributed by atoms with Gasteiger partial charge in [0.15, 0.2) is 0 Å². The Kier molecular flexibility index (Phi) is 30.2. The molecule has 0 fully saturated rings. The van der Waals surface area contributed by atoms with E-state index < -0.39 is 16.4 Å². The molecule has 37 heavy (non-hydrogen) atoms. The fraction of sp³-hybridized carbons (Fsp3) is 0.875. The van der Waals surface area contributed by atoms with E-state index in [2.05, 4.69) is 23.3 Å². The van der Waals surface area contributed by atoms with Crippen molar-refractivity contribution in [2.24, 2.45) is 0 Å². The third kappa shape index (κ3) is 34.8. The quantitative estimate of drug-likeness (QED) is 0.0556. The molecule has 13 heteroatoms. The van der Waals surface area contributed by atoms with E-state index in [1.165, 1.54) is 44.9 Å². The third-order valence-electron chi connectivity index (χ3n) is 4.70. The maximum atomic E-state index is 11.0. The number of unbranched alkanes of at least 4 members (excludes halogenated alkanes) is 11. The molecule has 0 rings (SSSR count). The van der Waals surface area contributed by atoms with Crippen LogP contribution >= 0.6 is 0 Å². The van der Waals surface area contributed by atoms with Crippen LogP contribution < -0.4 is 0 Å². The van der Waals surface area contributed by atoms with Crippen LogP contribution in [-0.4, -0.2) is 79.3 Å². The van der Waals surface area contributed by atoms with E-state index in [1.54, 1.807) is 0 Å². The van der Waals surface area contributed by atoms with Crippen LogP contribution in [0.25, 0.3) is 0 Å². The summed E-state index contributed by atoms with van der Waals surface area (Å²) in [6.45, 7) is 1.73. The van der Waals surface area contributed by atoms with Gasteiger partial charge in [0.1, 0.15) is 0 Å². The van der Waals surface area contributed by atoms with Crippen molar-refractivity contribution in [1.29, 1.82) is 0 Å². The average Bonchev–Trinajstić information content (AvgIpc) is 2.85. The van der Waals surface area contributed by atoms with Gasteiger partial charge in [-0.05, 0) is 32.1 Å². The number of allylic oxidation sites excluding steroid dienone is 2. The van der Waals surface area contributed by atoms with E-state index in [1.807, 2.05) is 0 Å². The summed E-state index contributed by atoms with van der Waals surface area (Å²) in [6.07, 6.45) is 19.6. The van der Waals surface area contributed by atoms with Gasteiger partial charge in [0.25, 0.3) is 0 Å². The Morgan fingerprint density at radius 2 is 1.11 bits per heavy atom. The lowest BCUT2D eigenvalue weighted by Crippen LogP contribution is -2.28. The van der Waals surface area contributed by atoms with Crippen molar-refractivity contribution in [3.63, 3.8) is 0 Å². The van der Waals surface area contributed by atoms with Gasteiger partial charge in [-0.15, -0.1) is 0 Å². The molecule has 4 N–H and O–H groups in total. The topological polar surface area (TPSA) is 172 Å². The third-order valence-corrected chi connectivity index (χ3v) is 5.10. The molecule has 0 aliphatic rings. The molecule has 0 aliphatic carbocycles. The summed E-state index contributed by atoms with van der Waals surface area (Å²) in [6, 6.07) is 0. The van der Waals surface area contributed by atoms with Crippen LogP contribution in [0.5, 0.6) is 0 Å². The van der Waals surface area contributed by atoms with Gasteiger partial charge < -0.3 is 19.5 Å². The second-order valence-electron chi connectivity index (χ2n) is 8.11. The minimum atomic E-state index is -4.65. The van der Waals surface area contributed by atoms with Crippen LogP contribution in [0.4, 0.5) is 0 Å². The van der Waals surface area contributed by atoms with Crippen LogP contribution in [0, 0.1) is 0 Å². The first-order valence-corrected chi connectivity index (χ1v) is 14.5. The summed E-state index contributed by atoms with van der Waals surface area (Å²) < 4.78 is 32.8. The second-order valence-corrected chi connectivity index (χ2v) is 9.13. The van der Waals surface area contributed by atoms with Gasteiger partial charge in [-0.1, -0.05) is 70.4 Å². The average molecular weight is 560 g/mol. The predicted octanol–water partition coefficient (Wildman–Crippen LogP) is 3.43. The molecular formula is C24H49NO11S. The molecule has 0 aromatic carbocycles. The lowest BCUT2D eigenvalue weighted by molar-refractivity contribution is -0.527. The molecule has 0 saturated carbocycles. The zero-order valence-corrected chi connectivity index (χ0v) is 23.1. The molecule has 0 atom stereocenters. The maximum Gasteiger partial charge on any atom is 0.448 e. The SMILES string of the molecule is CCCCCCCCC=CCCCCCCCC(=O)OS(=O)(=O)O.OCCON(OCCO)OCCO. The van der Waals surface area contributed by atoms with Gasteiger partial charge in [-0.3, -0.25) is 9.35 Å². The molecule has 0 spiro atoms. The summed E-state index contributed by atoms with van der Waals surface area (Å²) >= 11 is 0. The molecule has 0 unspecified atom stereocenters. The Hall–Kier alpha value is -1.16. The summed E-state index contributed by atoms with van der Waals surface area (Å²) in [7, 11) is -4.65. The zero-order valence-electron chi connectivity index (χ0n) is 22.3. The molecule has 0 amide bonds. The first kappa shape index (κ1) is 38.0. The van der Waals surface area contributed by atoms with Crippen molar-refractivity contribution < 1.29 is 51.8 Å². The molecule has 0 heterocycles. The number of carbonyl (C=O) groups is 1. The molecule has 222 valence electrons. The summed E-state index contributed by atoms with van der Waals surface area (Å²) in [5.41, 5.74) is 0. The summed E-state index contributed by atoms with van der Waals surface area (Å²) in [4.78, 5) is 25.2. The number of aliphatic hydroxyl groups is 3. The molecule has 0 aliphatic heterocycles. The van der Waals surface area contributed by atoms with Crippen LogP contribution in [0.1, 0.15) is 96.8 Å². The van der Waals surface area contributed by atoms with Crippen molar-refractivity contribution in [3.05, 3.63) is 12.2 Å². The monoisotopic (exact) mass is 559 g/mol. The van der Waals surface area contributed by atoms with Crippen LogP contribution in [-0.2, 0) is 33.9 Å². The highest BCUT2D eigenvalue weighted by molar-refractivity contribution is 7.81. The predicted molar refractivity (Wildman–Crippen MR) is 138 cm³/mol. The van der Waals surface area contributed by atoms with Crippen molar-refractivity contribution >= 4 is 16.4 Å². The Bertz CT molecular complexity index is 599. The van der Waals surface area contributed by atoms with Crippen LogP contribution in [0.2, 0.25) is 0 Å². The Balaban J connectivity index is 0. The number of rotatable bonds is 25. The minimum Gasteiger partial charge on any atom is -0.394 e. The highest BCUT2D eigenvalue weighted by Gasteiger charge is 2.12. The number of aliphatic hydroxyl groups excluding tert-OH is 3. The number of hydrogen-bond donors (Lipinski definition) is 4. The van der Waals surface area contributed by atoms with Crippen molar-refractivity contribution in [2.45, 2.75) is 96.8 Å². The molecule has 0 bridgehead atoms. The molecular weight excluding hydrogens is 510 g/mol. The molecule has 12 nitrogen and oxygen atoms in total. The second kappa shape index (κ2) is 29.4. The Morgan fingerprint density at radius 1 is 0.703 bits per heavy atom. The normalized spacial score (nSPS) is 11.6. The maximum absolute atomic E-state index is 11.0. The smallest absolute Gasteiger partial charge is 0.394 e. The largest absolute Gasteiger partial charge is 0.448 e. The number of nitrogens with zero attached hydrogens (tertiary/aromatic N) is 1. The molecule has 0 saturated heterocycles. The van der Waals surface area contributed by atoms with Gasteiger partial charge in [-0.25, -0.2) is 14.5 Å². The van der Waals surface area contributed by atoms with Gasteiger partial charge in [0, 0.05) is 6.42 Å². The van der Waals surface area contributed by atoms with Gasteiger partial charge >= 0.3 is 16.4 Å². The Morgan fingerprint density at radius 3 is 1.51 bits per heavy atom. The standard InChI is InChI=1S/C18H34O5S.C6H15NO6/c1-2-3-4-5-6-7-8-9-10-11-12-13-14-15-16-17-18(19)23-24(20,21)22;8-1-4-11-7(12-5-2-9)13-6-3-10/h9-10H,2-8,11-17H2,1H3,(H,20,21,22);8-10H,1-6H2. The highest BCUT2D eigenvalue weighted by Crippen LogP contribution is 2.10. The van der Waals surface area contributed by atoms with E-state index in [4.69, 9.17) is 34.4 Å². The van der Waals surface area contributed by atoms with Crippen molar-refractivity contribution in [1.82, 2.24) is 5.39 Å². The van der Waals surface area contributed by atoms with Crippen molar-refractivity contribution in [2.75, 3.05) is 39.6 Å². The van der Waals surface area contributed by atoms with Crippen LogP contribution in [0.15, 0.2) is 12.2 Å². The number of carbonyl (C=O) groups excluding carboxylic acids is 1. The zero-order chi connectivity index (χ0) is 28.0. The molecule has 0 radical (unpaired) electrons. The Labute approximate surface area is 222 Å². The lowest BCUT2D eigenvalue weighted by Gasteiger charge is -2.17. The van der Waals surface area contributed by atoms with E-state index in [0.717, 1.165) is 32.1 Å². The first-order chi connectivity index (χ1) is 17.8. The molecule has 0 aromatic rings. The van der Waals surface area contributed by atoms with Gasteiger partial charge in [0.2, 0.25) is 0 Å². The van der Waals surface area contributed by atoms with Crippen molar-refractivity contribution in [3.8, 4) is 0 Å². The van der Waals surface area contributed by atoms with E-state index in [0.29, 0.717) is 11.8 Å². The van der Waals surface area contributed by atoms with E-state index in [9.17, 15) is 13.2 Å². The fourth-order valence-electron chi connectivity index (χ4n) is 2.96. The fourth-order valence-corrected chi connectivity index (χ4v) is 3.28. The summed E-state index contributed by atoms with van der Waals surface area (Å²) in [5, 5.41) is 25.9. The van der Waals surface area contributed by atoms with E-state index in [-0.39, 0.29) is 46.1 Å². The lowest BCUT2D eigenvalue weighted by atomic mass is 10.1. The highest BCUT2D eigenvalue weighted by atomic mass is 32.3. The summed E-state index contributed by atoms with van der Waals surface area (Å²) in [5.74, 6) is -0.893.